The molecule has 0 aromatic rings. The standard InChI is InChI=1S/C14H26O3/c1-3-11-5-7-13(16-11)9-15-10-14-8-6-12(4-2)17-14/h11-14H,3-10H2,1-2H3. The highest BCUT2D eigenvalue weighted by molar-refractivity contribution is 4.74. The maximum absolute atomic E-state index is 5.85. The zero-order chi connectivity index (χ0) is 12.1. The lowest BCUT2D eigenvalue weighted by Crippen LogP contribution is -2.22. The van der Waals surface area contributed by atoms with E-state index in [9.17, 15) is 0 Å². The Morgan fingerprint density at radius 1 is 0.765 bits per heavy atom. The molecule has 2 heterocycles. The van der Waals surface area contributed by atoms with E-state index in [0.29, 0.717) is 24.4 Å². The van der Waals surface area contributed by atoms with Crippen LogP contribution in [0.3, 0.4) is 0 Å². The molecular formula is C14H26O3. The molecule has 0 bridgehead atoms. The van der Waals surface area contributed by atoms with E-state index in [1.54, 1.807) is 0 Å². The summed E-state index contributed by atoms with van der Waals surface area (Å²) in [6.07, 6.45) is 8.53. The summed E-state index contributed by atoms with van der Waals surface area (Å²) in [5, 5.41) is 0. The van der Waals surface area contributed by atoms with Crippen molar-refractivity contribution in [2.75, 3.05) is 13.2 Å². The van der Waals surface area contributed by atoms with Crippen LogP contribution in [0, 0.1) is 0 Å². The smallest absolute Gasteiger partial charge is 0.0813 e. The lowest BCUT2D eigenvalue weighted by Gasteiger charge is -2.16. The Balaban J connectivity index is 1.55. The molecule has 0 N–H and O–H groups in total. The molecule has 2 fully saturated rings. The summed E-state index contributed by atoms with van der Waals surface area (Å²) in [5.41, 5.74) is 0. The molecule has 3 heteroatoms. The quantitative estimate of drug-likeness (QED) is 0.717. The van der Waals surface area contributed by atoms with Crippen LogP contribution in [0.1, 0.15) is 52.4 Å². The highest BCUT2D eigenvalue weighted by Gasteiger charge is 2.26. The van der Waals surface area contributed by atoms with Crippen molar-refractivity contribution in [1.29, 1.82) is 0 Å². The Labute approximate surface area is 105 Å². The second-order valence-electron chi connectivity index (χ2n) is 5.27. The van der Waals surface area contributed by atoms with E-state index in [1.165, 1.54) is 12.8 Å². The molecule has 100 valence electrons. The Bertz CT molecular complexity index is 198. The first-order valence-corrected chi connectivity index (χ1v) is 7.20. The topological polar surface area (TPSA) is 27.7 Å². The highest BCUT2D eigenvalue weighted by Crippen LogP contribution is 2.24. The molecule has 0 aliphatic carbocycles. The molecule has 0 aromatic carbocycles. The Hall–Kier alpha value is -0.120. The first kappa shape index (κ1) is 13.3. The minimum Gasteiger partial charge on any atom is -0.376 e. The van der Waals surface area contributed by atoms with Crippen LogP contribution in [0.15, 0.2) is 0 Å². The van der Waals surface area contributed by atoms with Crippen LogP contribution in [-0.2, 0) is 14.2 Å². The molecule has 2 aliphatic heterocycles. The van der Waals surface area contributed by atoms with E-state index in [1.807, 2.05) is 0 Å². The van der Waals surface area contributed by atoms with Crippen molar-refractivity contribution in [1.82, 2.24) is 0 Å². The molecule has 0 aromatic heterocycles. The third kappa shape index (κ3) is 3.94. The lowest BCUT2D eigenvalue weighted by molar-refractivity contribution is -0.0531. The third-order valence-electron chi connectivity index (χ3n) is 3.91. The summed E-state index contributed by atoms with van der Waals surface area (Å²) in [7, 11) is 0. The van der Waals surface area contributed by atoms with E-state index in [2.05, 4.69) is 13.8 Å². The summed E-state index contributed by atoms with van der Waals surface area (Å²) in [5.74, 6) is 0. The first-order valence-electron chi connectivity index (χ1n) is 7.20. The van der Waals surface area contributed by atoms with E-state index in [-0.39, 0.29) is 0 Å². The van der Waals surface area contributed by atoms with Crippen LogP contribution >= 0.6 is 0 Å². The van der Waals surface area contributed by atoms with Gasteiger partial charge in [-0.3, -0.25) is 0 Å². The molecule has 0 radical (unpaired) electrons. The van der Waals surface area contributed by atoms with Crippen molar-refractivity contribution in [2.45, 2.75) is 76.8 Å². The highest BCUT2D eigenvalue weighted by atomic mass is 16.6. The number of hydrogen-bond donors (Lipinski definition) is 0. The largest absolute Gasteiger partial charge is 0.376 e. The van der Waals surface area contributed by atoms with E-state index in [4.69, 9.17) is 14.2 Å². The molecule has 2 aliphatic rings. The van der Waals surface area contributed by atoms with E-state index >= 15 is 0 Å². The van der Waals surface area contributed by atoms with Crippen molar-refractivity contribution >= 4 is 0 Å². The molecule has 4 unspecified atom stereocenters. The molecule has 0 spiro atoms. The minimum atomic E-state index is 0.323. The second-order valence-corrected chi connectivity index (χ2v) is 5.27. The van der Waals surface area contributed by atoms with Gasteiger partial charge in [0.05, 0.1) is 37.6 Å². The van der Waals surface area contributed by atoms with Gasteiger partial charge >= 0.3 is 0 Å². The van der Waals surface area contributed by atoms with Gasteiger partial charge in [0.25, 0.3) is 0 Å². The summed E-state index contributed by atoms with van der Waals surface area (Å²) in [4.78, 5) is 0. The SMILES string of the molecule is CCC1CCC(COCC2CCC(CC)O2)O1. The fourth-order valence-electron chi connectivity index (χ4n) is 2.74. The van der Waals surface area contributed by atoms with Gasteiger partial charge in [0.1, 0.15) is 0 Å². The van der Waals surface area contributed by atoms with Gasteiger partial charge in [0.2, 0.25) is 0 Å². The second kappa shape index (κ2) is 6.72. The van der Waals surface area contributed by atoms with Crippen LogP contribution in [0.4, 0.5) is 0 Å². The molecular weight excluding hydrogens is 216 g/mol. The van der Waals surface area contributed by atoms with E-state index in [0.717, 1.165) is 38.9 Å². The minimum absolute atomic E-state index is 0.323. The average Bonchev–Trinajstić information content (AvgIpc) is 2.97. The zero-order valence-corrected chi connectivity index (χ0v) is 11.2. The Morgan fingerprint density at radius 2 is 1.18 bits per heavy atom. The fraction of sp³-hybridized carbons (Fsp3) is 1.00. The normalized spacial score (nSPS) is 37.8. The Kier molecular flexibility index (Phi) is 5.26. The van der Waals surface area contributed by atoms with Crippen LogP contribution in [0.25, 0.3) is 0 Å². The van der Waals surface area contributed by atoms with Crippen LogP contribution in [0.2, 0.25) is 0 Å². The van der Waals surface area contributed by atoms with E-state index < -0.39 is 0 Å². The lowest BCUT2D eigenvalue weighted by atomic mass is 10.1. The first-order chi connectivity index (χ1) is 8.31. The van der Waals surface area contributed by atoms with Gasteiger partial charge in [-0.2, -0.15) is 0 Å². The summed E-state index contributed by atoms with van der Waals surface area (Å²) in [6.45, 7) is 5.86. The van der Waals surface area contributed by atoms with Crippen molar-refractivity contribution in [3.63, 3.8) is 0 Å². The predicted molar refractivity (Wildman–Crippen MR) is 67.2 cm³/mol. The maximum atomic E-state index is 5.85. The molecule has 0 saturated carbocycles. The molecule has 17 heavy (non-hydrogen) atoms. The average molecular weight is 242 g/mol. The van der Waals surface area contributed by atoms with Crippen LogP contribution in [0.5, 0.6) is 0 Å². The van der Waals surface area contributed by atoms with Crippen LogP contribution < -0.4 is 0 Å². The van der Waals surface area contributed by atoms with Gasteiger partial charge in [-0.05, 0) is 38.5 Å². The fourth-order valence-corrected chi connectivity index (χ4v) is 2.74. The van der Waals surface area contributed by atoms with Gasteiger partial charge < -0.3 is 14.2 Å². The van der Waals surface area contributed by atoms with Gasteiger partial charge in [0, 0.05) is 0 Å². The zero-order valence-electron chi connectivity index (χ0n) is 11.2. The monoisotopic (exact) mass is 242 g/mol. The van der Waals surface area contributed by atoms with Crippen LogP contribution in [-0.4, -0.2) is 37.6 Å². The molecule has 2 saturated heterocycles. The van der Waals surface area contributed by atoms with Crippen molar-refractivity contribution in [2.24, 2.45) is 0 Å². The summed E-state index contributed by atoms with van der Waals surface area (Å²) < 4.78 is 17.4. The van der Waals surface area contributed by atoms with Gasteiger partial charge in [0.15, 0.2) is 0 Å². The maximum Gasteiger partial charge on any atom is 0.0813 e. The number of hydrogen-bond acceptors (Lipinski definition) is 3. The van der Waals surface area contributed by atoms with Gasteiger partial charge in [-0.25, -0.2) is 0 Å². The number of ether oxygens (including phenoxy) is 3. The Morgan fingerprint density at radius 3 is 1.53 bits per heavy atom. The molecule has 3 nitrogen and oxygen atoms in total. The summed E-state index contributed by atoms with van der Waals surface area (Å²) in [6, 6.07) is 0. The van der Waals surface area contributed by atoms with Crippen molar-refractivity contribution in [3.05, 3.63) is 0 Å². The molecule has 0 amide bonds. The van der Waals surface area contributed by atoms with Gasteiger partial charge in [-0.15, -0.1) is 0 Å². The molecule has 4 atom stereocenters. The third-order valence-corrected chi connectivity index (χ3v) is 3.91. The van der Waals surface area contributed by atoms with Crippen molar-refractivity contribution < 1.29 is 14.2 Å². The van der Waals surface area contributed by atoms with Gasteiger partial charge in [-0.1, -0.05) is 13.8 Å². The molecule has 2 rings (SSSR count). The summed E-state index contributed by atoms with van der Waals surface area (Å²) >= 11 is 0. The number of rotatable bonds is 6. The van der Waals surface area contributed by atoms with Crippen molar-refractivity contribution in [3.8, 4) is 0 Å². The predicted octanol–water partition coefficient (Wildman–Crippen LogP) is 2.92.